The van der Waals surface area contributed by atoms with E-state index in [9.17, 15) is 4.79 Å². The molecule has 0 aromatic carbocycles. The van der Waals surface area contributed by atoms with E-state index in [1.54, 1.807) is 0 Å². The molecule has 1 rings (SSSR count). The van der Waals surface area contributed by atoms with E-state index in [0.717, 1.165) is 24.3 Å². The molecule has 1 N–H and O–H groups in total. The molecule has 0 saturated carbocycles. The second-order valence-corrected chi connectivity index (χ2v) is 4.22. The molecule has 0 atom stereocenters. The fourth-order valence-corrected chi connectivity index (χ4v) is 1.93. The van der Waals surface area contributed by atoms with Gasteiger partial charge in [-0.1, -0.05) is 13.8 Å². The molecule has 0 bridgehead atoms. The molecule has 4 heteroatoms. The average molecular weight is 223 g/mol. The molecule has 4 nitrogen and oxygen atoms in total. The molecule has 1 heterocycles. The van der Waals surface area contributed by atoms with Gasteiger partial charge < -0.3 is 4.90 Å². The van der Waals surface area contributed by atoms with Gasteiger partial charge in [-0.3, -0.25) is 9.78 Å². The molecular formula is C12H21N3O. The number of hydrogen-bond acceptors (Lipinski definition) is 3. The van der Waals surface area contributed by atoms with Crippen LogP contribution in [0, 0.1) is 6.92 Å². The van der Waals surface area contributed by atoms with Gasteiger partial charge in [-0.15, -0.1) is 0 Å². The van der Waals surface area contributed by atoms with Crippen molar-refractivity contribution in [3.8, 4) is 0 Å². The summed E-state index contributed by atoms with van der Waals surface area (Å²) in [6.07, 6.45) is 0. The zero-order valence-electron chi connectivity index (χ0n) is 10.8. The smallest absolute Gasteiger partial charge is 0.255 e. The molecule has 0 saturated heterocycles. The number of aryl methyl sites for hydroxylation is 1. The largest absolute Gasteiger partial charge is 0.343 e. The first-order valence-electron chi connectivity index (χ1n) is 5.86. The Kier molecular flexibility index (Phi) is 4.10. The maximum absolute atomic E-state index is 11.9. The Hall–Kier alpha value is -1.32. The lowest BCUT2D eigenvalue weighted by atomic mass is 10.0. The first-order valence-corrected chi connectivity index (χ1v) is 5.86. The molecule has 0 amide bonds. The van der Waals surface area contributed by atoms with Crippen LogP contribution in [-0.2, 0) is 0 Å². The first kappa shape index (κ1) is 12.7. The number of aromatic nitrogens is 2. The molecule has 0 fully saturated rings. The van der Waals surface area contributed by atoms with Crippen LogP contribution in [-0.4, -0.2) is 23.1 Å². The summed E-state index contributed by atoms with van der Waals surface area (Å²) in [5.74, 6) is 0.888. The summed E-state index contributed by atoms with van der Waals surface area (Å²) in [5, 5.41) is 0. The summed E-state index contributed by atoms with van der Waals surface area (Å²) in [7, 11) is 0. The van der Waals surface area contributed by atoms with Gasteiger partial charge in [0, 0.05) is 18.7 Å². The van der Waals surface area contributed by atoms with Crippen molar-refractivity contribution in [2.45, 2.75) is 40.5 Å². The lowest BCUT2D eigenvalue weighted by Crippen LogP contribution is -2.29. The Bertz CT molecular complexity index is 405. The van der Waals surface area contributed by atoms with Gasteiger partial charge in [-0.25, -0.2) is 4.98 Å². The predicted molar refractivity (Wildman–Crippen MR) is 67.2 cm³/mol. The van der Waals surface area contributed by atoms with Crippen LogP contribution < -0.4 is 10.5 Å². The Morgan fingerprint density at radius 1 is 1.31 bits per heavy atom. The van der Waals surface area contributed by atoms with E-state index < -0.39 is 0 Å². The van der Waals surface area contributed by atoms with Crippen molar-refractivity contribution in [2.24, 2.45) is 0 Å². The van der Waals surface area contributed by atoms with Crippen LogP contribution in [0.5, 0.6) is 0 Å². The third kappa shape index (κ3) is 2.43. The number of hydrogen-bond donors (Lipinski definition) is 1. The minimum atomic E-state index is -0.00981. The summed E-state index contributed by atoms with van der Waals surface area (Å²) < 4.78 is 0. The summed E-state index contributed by atoms with van der Waals surface area (Å²) in [4.78, 5) is 21.3. The van der Waals surface area contributed by atoms with Crippen molar-refractivity contribution < 1.29 is 0 Å². The van der Waals surface area contributed by atoms with Gasteiger partial charge in [-0.2, -0.15) is 0 Å². The van der Waals surface area contributed by atoms with Gasteiger partial charge in [0.1, 0.15) is 0 Å². The van der Waals surface area contributed by atoms with Crippen LogP contribution in [0.1, 0.15) is 44.9 Å². The summed E-state index contributed by atoms with van der Waals surface area (Å²) in [6.45, 7) is 11.7. The molecule has 90 valence electrons. The lowest BCUT2D eigenvalue weighted by molar-refractivity contribution is 0.774. The Morgan fingerprint density at radius 2 is 1.88 bits per heavy atom. The Morgan fingerprint density at radius 3 is 2.25 bits per heavy atom. The minimum Gasteiger partial charge on any atom is -0.343 e. The van der Waals surface area contributed by atoms with E-state index in [2.05, 4.69) is 23.8 Å². The predicted octanol–water partition coefficient (Wildman–Crippen LogP) is 2.05. The standard InChI is InChI=1S/C12H21N3O/c1-6-15(7-2)12-13-9(5)10(8(3)4)11(16)14-12/h8H,6-7H2,1-5H3,(H,13,14,16). The highest BCUT2D eigenvalue weighted by molar-refractivity contribution is 5.33. The second kappa shape index (κ2) is 5.14. The number of rotatable bonds is 4. The molecule has 16 heavy (non-hydrogen) atoms. The molecule has 1 aromatic rings. The Labute approximate surface area is 96.7 Å². The van der Waals surface area contributed by atoms with Crippen LogP contribution in [0.3, 0.4) is 0 Å². The SMILES string of the molecule is CCN(CC)c1nc(C)c(C(C)C)c(=O)[nH]1. The number of nitrogens with one attached hydrogen (secondary N) is 1. The van der Waals surface area contributed by atoms with Crippen LogP contribution in [0.25, 0.3) is 0 Å². The van der Waals surface area contributed by atoms with Crippen molar-refractivity contribution >= 4 is 5.95 Å². The van der Waals surface area contributed by atoms with E-state index in [-0.39, 0.29) is 11.5 Å². The molecule has 1 aromatic heterocycles. The van der Waals surface area contributed by atoms with Crippen LogP contribution in [0.2, 0.25) is 0 Å². The lowest BCUT2D eigenvalue weighted by Gasteiger charge is -2.20. The molecule has 0 spiro atoms. The quantitative estimate of drug-likeness (QED) is 0.850. The molecule has 0 aliphatic carbocycles. The molecular weight excluding hydrogens is 202 g/mol. The summed E-state index contributed by atoms with van der Waals surface area (Å²) in [6, 6.07) is 0. The zero-order chi connectivity index (χ0) is 12.3. The number of anilines is 1. The van der Waals surface area contributed by atoms with Gasteiger partial charge in [0.05, 0.1) is 5.69 Å². The van der Waals surface area contributed by atoms with E-state index in [1.165, 1.54) is 0 Å². The maximum atomic E-state index is 11.9. The number of H-pyrrole nitrogens is 1. The van der Waals surface area contributed by atoms with E-state index in [4.69, 9.17) is 0 Å². The van der Waals surface area contributed by atoms with Gasteiger partial charge in [0.2, 0.25) is 5.95 Å². The fraction of sp³-hybridized carbons (Fsp3) is 0.667. The number of aromatic amines is 1. The monoisotopic (exact) mass is 223 g/mol. The van der Waals surface area contributed by atoms with Gasteiger partial charge in [0.15, 0.2) is 0 Å². The highest BCUT2D eigenvalue weighted by Gasteiger charge is 2.13. The molecule has 0 aliphatic rings. The summed E-state index contributed by atoms with van der Waals surface area (Å²) >= 11 is 0. The van der Waals surface area contributed by atoms with Gasteiger partial charge in [0.25, 0.3) is 5.56 Å². The van der Waals surface area contributed by atoms with E-state index in [0.29, 0.717) is 5.95 Å². The maximum Gasteiger partial charge on any atom is 0.255 e. The second-order valence-electron chi connectivity index (χ2n) is 4.22. The van der Waals surface area contributed by atoms with Gasteiger partial charge >= 0.3 is 0 Å². The van der Waals surface area contributed by atoms with E-state index in [1.807, 2.05) is 25.7 Å². The molecule has 0 unspecified atom stereocenters. The number of nitrogens with zero attached hydrogens (tertiary/aromatic N) is 2. The van der Waals surface area contributed by atoms with Crippen molar-refractivity contribution in [1.29, 1.82) is 0 Å². The topological polar surface area (TPSA) is 49.0 Å². The fourth-order valence-electron chi connectivity index (χ4n) is 1.93. The van der Waals surface area contributed by atoms with Crippen molar-refractivity contribution in [3.05, 3.63) is 21.6 Å². The first-order chi connectivity index (χ1) is 7.51. The highest BCUT2D eigenvalue weighted by Crippen LogP contribution is 2.14. The third-order valence-electron chi connectivity index (χ3n) is 2.77. The van der Waals surface area contributed by atoms with Crippen molar-refractivity contribution in [3.63, 3.8) is 0 Å². The van der Waals surface area contributed by atoms with Crippen LogP contribution >= 0.6 is 0 Å². The van der Waals surface area contributed by atoms with Crippen LogP contribution in [0.15, 0.2) is 4.79 Å². The average Bonchev–Trinajstić information content (AvgIpc) is 2.17. The van der Waals surface area contributed by atoms with Crippen LogP contribution in [0.4, 0.5) is 5.95 Å². The minimum absolute atomic E-state index is 0.00981. The third-order valence-corrected chi connectivity index (χ3v) is 2.77. The summed E-state index contributed by atoms with van der Waals surface area (Å²) in [5.41, 5.74) is 1.61. The normalized spacial score (nSPS) is 10.9. The van der Waals surface area contributed by atoms with E-state index >= 15 is 0 Å². The highest BCUT2D eigenvalue weighted by atomic mass is 16.1. The van der Waals surface area contributed by atoms with Gasteiger partial charge in [-0.05, 0) is 26.7 Å². The Balaban J connectivity index is 3.24. The zero-order valence-corrected chi connectivity index (χ0v) is 10.8. The van der Waals surface area contributed by atoms with Crippen molar-refractivity contribution in [1.82, 2.24) is 9.97 Å². The molecule has 0 aliphatic heterocycles. The molecule has 0 radical (unpaired) electrons. The van der Waals surface area contributed by atoms with Crippen molar-refractivity contribution in [2.75, 3.05) is 18.0 Å².